The average molecular weight is 338 g/mol. The number of hydrogen-bond donors (Lipinski definition) is 1. The molecular formula is C19H15FN2O3. The summed E-state index contributed by atoms with van der Waals surface area (Å²) in [4.78, 5) is 24.3. The Bertz CT molecular complexity index is 838. The lowest BCUT2D eigenvalue weighted by molar-refractivity contribution is -0.126. The molecule has 2 rings (SSSR count). The molecule has 0 bridgehead atoms. The molecule has 1 amide bonds. The number of carbonyl (C=O) groups excluding carboxylic acids is 2. The molecule has 0 heterocycles. The highest BCUT2D eigenvalue weighted by Gasteiger charge is 2.24. The fraction of sp³-hybridized carbons (Fsp3) is 0.105. The highest BCUT2D eigenvalue weighted by molar-refractivity contribution is 6.14. The van der Waals surface area contributed by atoms with Gasteiger partial charge in [-0.2, -0.15) is 5.26 Å². The molecule has 0 aliphatic rings. The lowest BCUT2D eigenvalue weighted by Gasteiger charge is -2.08. The molecule has 1 unspecified atom stereocenters. The first-order valence-corrected chi connectivity index (χ1v) is 7.36. The Morgan fingerprint density at radius 1 is 1.20 bits per heavy atom. The topological polar surface area (TPSA) is 79.2 Å². The molecule has 25 heavy (non-hydrogen) atoms. The van der Waals surface area contributed by atoms with Crippen LogP contribution < -0.4 is 10.1 Å². The second-order valence-electron chi connectivity index (χ2n) is 5.04. The van der Waals surface area contributed by atoms with E-state index in [1.54, 1.807) is 30.3 Å². The van der Waals surface area contributed by atoms with Crippen LogP contribution >= 0.6 is 0 Å². The van der Waals surface area contributed by atoms with Gasteiger partial charge < -0.3 is 10.1 Å². The van der Waals surface area contributed by atoms with Gasteiger partial charge in [0.1, 0.15) is 11.6 Å². The van der Waals surface area contributed by atoms with E-state index in [1.165, 1.54) is 37.5 Å². The van der Waals surface area contributed by atoms with Crippen molar-refractivity contribution >= 4 is 23.5 Å². The molecule has 2 aromatic carbocycles. The monoisotopic (exact) mass is 338 g/mol. The predicted octanol–water partition coefficient (Wildman–Crippen LogP) is 3.20. The molecule has 0 spiro atoms. The van der Waals surface area contributed by atoms with E-state index in [0.29, 0.717) is 17.0 Å². The van der Waals surface area contributed by atoms with Gasteiger partial charge in [-0.05, 0) is 42.5 Å². The zero-order chi connectivity index (χ0) is 18.2. The minimum Gasteiger partial charge on any atom is -0.496 e. The number of rotatable bonds is 6. The number of nitrogens with one attached hydrogen (secondary N) is 1. The minimum atomic E-state index is -1.50. The number of nitrogens with zero attached hydrogens (tertiary/aromatic N) is 1. The molecule has 0 saturated carbocycles. The largest absolute Gasteiger partial charge is 0.496 e. The fourth-order valence-electron chi connectivity index (χ4n) is 2.07. The van der Waals surface area contributed by atoms with Crippen LogP contribution in [-0.4, -0.2) is 18.8 Å². The van der Waals surface area contributed by atoms with Crippen molar-refractivity contribution in [3.8, 4) is 11.8 Å². The number of carbonyl (C=O) groups is 2. The van der Waals surface area contributed by atoms with Crippen molar-refractivity contribution in [1.29, 1.82) is 5.26 Å². The number of methoxy groups -OCH3 is 1. The molecule has 2 aromatic rings. The molecule has 0 aromatic heterocycles. The number of nitriles is 1. The molecule has 0 aliphatic heterocycles. The summed E-state index contributed by atoms with van der Waals surface area (Å²) in [6.45, 7) is 0. The maximum Gasteiger partial charge on any atom is 0.249 e. The third kappa shape index (κ3) is 4.75. The van der Waals surface area contributed by atoms with Gasteiger partial charge in [0.05, 0.1) is 13.2 Å². The molecule has 6 heteroatoms. The van der Waals surface area contributed by atoms with Crippen LogP contribution in [-0.2, 0) is 9.59 Å². The summed E-state index contributed by atoms with van der Waals surface area (Å²) < 4.78 is 18.0. The lowest BCUT2D eigenvalue weighted by Crippen LogP contribution is -2.27. The zero-order valence-corrected chi connectivity index (χ0v) is 13.4. The number of allylic oxidation sites excluding steroid dienone is 1. The van der Waals surface area contributed by atoms with Crippen LogP contribution in [0.1, 0.15) is 5.56 Å². The Labute approximate surface area is 144 Å². The summed E-state index contributed by atoms with van der Waals surface area (Å²) in [5.74, 6) is -2.82. The highest BCUT2D eigenvalue weighted by atomic mass is 19.1. The molecule has 0 radical (unpaired) electrons. The summed E-state index contributed by atoms with van der Waals surface area (Å²) >= 11 is 0. The molecule has 0 saturated heterocycles. The van der Waals surface area contributed by atoms with E-state index in [-0.39, 0.29) is 0 Å². The SMILES string of the molecule is COc1ccccc1/C=C/C(=O)C(C#N)C(=O)Nc1ccc(F)cc1. The second-order valence-corrected chi connectivity index (χ2v) is 5.04. The van der Waals surface area contributed by atoms with Crippen LogP contribution in [0.3, 0.4) is 0 Å². The van der Waals surface area contributed by atoms with Crippen LogP contribution in [0.5, 0.6) is 5.75 Å². The number of amides is 1. The summed E-state index contributed by atoms with van der Waals surface area (Å²) in [6, 6.07) is 13.7. The van der Waals surface area contributed by atoms with Crippen molar-refractivity contribution in [2.45, 2.75) is 0 Å². The molecule has 126 valence electrons. The van der Waals surface area contributed by atoms with Gasteiger partial charge in [-0.25, -0.2) is 4.39 Å². The number of benzene rings is 2. The standard InChI is InChI=1S/C19H15FN2O3/c1-25-18-5-3-2-4-13(18)6-11-17(23)16(12-21)19(24)22-15-9-7-14(20)8-10-15/h2-11,16H,1H3,(H,22,24)/b11-6+. The summed E-state index contributed by atoms with van der Waals surface area (Å²) in [6.07, 6.45) is 2.65. The van der Waals surface area contributed by atoms with E-state index in [1.807, 2.05) is 0 Å². The number of hydrogen-bond acceptors (Lipinski definition) is 4. The first kappa shape index (κ1) is 17.9. The molecule has 1 N–H and O–H groups in total. The molecular weight excluding hydrogens is 323 g/mol. The number of ketones is 1. The molecule has 1 atom stereocenters. The van der Waals surface area contributed by atoms with Crippen LogP contribution in [0, 0.1) is 23.1 Å². The van der Waals surface area contributed by atoms with Crippen molar-refractivity contribution in [3.05, 3.63) is 66.0 Å². The lowest BCUT2D eigenvalue weighted by atomic mass is 10.0. The van der Waals surface area contributed by atoms with Gasteiger partial charge in [0.15, 0.2) is 11.7 Å². The maximum atomic E-state index is 12.9. The first-order chi connectivity index (χ1) is 12.0. The van der Waals surface area contributed by atoms with E-state index in [4.69, 9.17) is 10.00 Å². The van der Waals surface area contributed by atoms with Crippen molar-refractivity contribution in [1.82, 2.24) is 0 Å². The van der Waals surface area contributed by atoms with Crippen LogP contribution in [0.15, 0.2) is 54.6 Å². The van der Waals surface area contributed by atoms with Gasteiger partial charge in [-0.1, -0.05) is 18.2 Å². The van der Waals surface area contributed by atoms with Crippen LogP contribution in [0.2, 0.25) is 0 Å². The fourth-order valence-corrected chi connectivity index (χ4v) is 2.07. The number of anilines is 1. The van der Waals surface area contributed by atoms with Crippen LogP contribution in [0.4, 0.5) is 10.1 Å². The van der Waals surface area contributed by atoms with Gasteiger partial charge in [-0.15, -0.1) is 0 Å². The van der Waals surface area contributed by atoms with Crippen molar-refractivity contribution in [2.24, 2.45) is 5.92 Å². The smallest absolute Gasteiger partial charge is 0.249 e. The van der Waals surface area contributed by atoms with E-state index in [9.17, 15) is 14.0 Å². The third-order valence-corrected chi connectivity index (χ3v) is 3.35. The first-order valence-electron chi connectivity index (χ1n) is 7.36. The zero-order valence-electron chi connectivity index (χ0n) is 13.4. The van der Waals surface area contributed by atoms with Gasteiger partial charge in [0.2, 0.25) is 5.91 Å². The Kier molecular flexibility index (Phi) is 6.02. The molecule has 0 aliphatic carbocycles. The van der Waals surface area contributed by atoms with Crippen molar-refractivity contribution in [3.63, 3.8) is 0 Å². The predicted molar refractivity (Wildman–Crippen MR) is 91.2 cm³/mol. The molecule has 5 nitrogen and oxygen atoms in total. The normalized spacial score (nSPS) is 11.6. The number of ether oxygens (including phenoxy) is 1. The molecule has 0 fully saturated rings. The third-order valence-electron chi connectivity index (χ3n) is 3.35. The minimum absolute atomic E-state index is 0.299. The van der Waals surface area contributed by atoms with E-state index >= 15 is 0 Å². The summed E-state index contributed by atoms with van der Waals surface area (Å²) in [5, 5.41) is 11.6. The van der Waals surface area contributed by atoms with Gasteiger partial charge in [0.25, 0.3) is 0 Å². The summed E-state index contributed by atoms with van der Waals surface area (Å²) in [5.41, 5.74) is 0.946. The van der Waals surface area contributed by atoms with E-state index in [0.717, 1.165) is 6.08 Å². The van der Waals surface area contributed by atoms with Gasteiger partial charge >= 0.3 is 0 Å². The highest BCUT2D eigenvalue weighted by Crippen LogP contribution is 2.19. The van der Waals surface area contributed by atoms with Gasteiger partial charge in [0, 0.05) is 11.3 Å². The van der Waals surface area contributed by atoms with Crippen molar-refractivity contribution < 1.29 is 18.7 Å². The Hall–Kier alpha value is -3.46. The van der Waals surface area contributed by atoms with Crippen LogP contribution in [0.25, 0.3) is 6.08 Å². The number of para-hydroxylation sites is 1. The Balaban J connectivity index is 2.10. The number of halogens is 1. The van der Waals surface area contributed by atoms with E-state index in [2.05, 4.69) is 5.32 Å². The maximum absolute atomic E-state index is 12.9. The van der Waals surface area contributed by atoms with Crippen molar-refractivity contribution in [2.75, 3.05) is 12.4 Å². The van der Waals surface area contributed by atoms with E-state index < -0.39 is 23.4 Å². The quantitative estimate of drug-likeness (QED) is 0.648. The summed E-state index contributed by atoms with van der Waals surface area (Å²) in [7, 11) is 1.50. The Morgan fingerprint density at radius 3 is 2.52 bits per heavy atom. The van der Waals surface area contributed by atoms with Gasteiger partial charge in [-0.3, -0.25) is 9.59 Å². The average Bonchev–Trinajstić information content (AvgIpc) is 2.62. The Morgan fingerprint density at radius 2 is 1.88 bits per heavy atom. The second kappa shape index (κ2) is 8.41.